The summed E-state index contributed by atoms with van der Waals surface area (Å²) in [7, 11) is 0. The second kappa shape index (κ2) is 7.14. The molecule has 0 amide bonds. The predicted octanol–water partition coefficient (Wildman–Crippen LogP) is 3.41. The topological polar surface area (TPSA) is 75.7 Å². The third kappa shape index (κ3) is 3.61. The number of aromatic nitrogens is 4. The molecule has 6 nitrogen and oxygen atoms in total. The van der Waals surface area contributed by atoms with Crippen LogP contribution in [0.25, 0.3) is 11.0 Å². The molecule has 4 rings (SSSR count). The van der Waals surface area contributed by atoms with E-state index in [1.165, 1.54) is 6.33 Å². The fourth-order valence-electron chi connectivity index (χ4n) is 3.27. The van der Waals surface area contributed by atoms with Gasteiger partial charge < -0.3 is 10.1 Å². The van der Waals surface area contributed by atoms with Crippen LogP contribution in [0.4, 0.5) is 10.2 Å². The Balaban J connectivity index is 1.30. The average molecular weight is 341 g/mol. The number of nitrogens with zero attached hydrogens (tertiary/aromatic N) is 3. The lowest BCUT2D eigenvalue weighted by Gasteiger charge is -2.16. The fourth-order valence-corrected chi connectivity index (χ4v) is 3.27. The van der Waals surface area contributed by atoms with E-state index in [1.807, 2.05) is 18.2 Å². The Kier molecular flexibility index (Phi) is 4.56. The van der Waals surface area contributed by atoms with Crippen LogP contribution in [-0.4, -0.2) is 38.9 Å². The molecule has 0 spiro atoms. The number of alkyl halides is 1. The number of rotatable bonds is 6. The van der Waals surface area contributed by atoms with Gasteiger partial charge in [-0.15, -0.1) is 0 Å². The highest BCUT2D eigenvalue weighted by Gasteiger charge is 2.27. The van der Waals surface area contributed by atoms with E-state index in [0.717, 1.165) is 30.5 Å². The van der Waals surface area contributed by atoms with Crippen LogP contribution in [0, 0.1) is 0 Å². The zero-order valence-corrected chi connectivity index (χ0v) is 13.7. The molecule has 130 valence electrons. The largest absolute Gasteiger partial charge is 0.375 e. The standard InChI is InChI=1S/C18H20FN5O/c19-16(12-4-2-1-3-5-12)10-25-14-7-6-13(8-14)23-17-15-9-22-24-18(15)21-11-20-17/h1-5,9,11,13-14,16H,6-8,10H2,(H2,20,21,22,23,24)/t13-,14-,16?/m0/s1. The number of ether oxygens (including phenoxy) is 1. The highest BCUT2D eigenvalue weighted by Crippen LogP contribution is 2.28. The summed E-state index contributed by atoms with van der Waals surface area (Å²) in [4.78, 5) is 8.43. The molecule has 2 aromatic heterocycles. The summed E-state index contributed by atoms with van der Waals surface area (Å²) in [6.45, 7) is 0.0981. The van der Waals surface area contributed by atoms with Gasteiger partial charge in [0.05, 0.1) is 24.3 Å². The Hall–Kier alpha value is -2.54. The number of nitrogens with one attached hydrogen (secondary N) is 2. The van der Waals surface area contributed by atoms with Gasteiger partial charge in [0.15, 0.2) is 5.65 Å². The van der Waals surface area contributed by atoms with Crippen LogP contribution in [0.3, 0.4) is 0 Å². The summed E-state index contributed by atoms with van der Waals surface area (Å²) in [5.74, 6) is 0.775. The van der Waals surface area contributed by atoms with Gasteiger partial charge in [0.1, 0.15) is 18.3 Å². The quantitative estimate of drug-likeness (QED) is 0.718. The highest BCUT2D eigenvalue weighted by molar-refractivity contribution is 5.85. The van der Waals surface area contributed by atoms with Crippen molar-refractivity contribution in [1.29, 1.82) is 0 Å². The van der Waals surface area contributed by atoms with Gasteiger partial charge in [-0.1, -0.05) is 30.3 Å². The van der Waals surface area contributed by atoms with Crippen molar-refractivity contribution >= 4 is 16.9 Å². The molecule has 0 saturated heterocycles. The molecule has 1 fully saturated rings. The number of aromatic amines is 1. The van der Waals surface area contributed by atoms with Crippen molar-refractivity contribution in [3.8, 4) is 0 Å². The lowest BCUT2D eigenvalue weighted by atomic mass is 10.1. The summed E-state index contributed by atoms with van der Waals surface area (Å²) in [5, 5.41) is 11.1. The van der Waals surface area contributed by atoms with E-state index in [1.54, 1.807) is 18.3 Å². The van der Waals surface area contributed by atoms with E-state index in [-0.39, 0.29) is 18.8 Å². The van der Waals surface area contributed by atoms with E-state index >= 15 is 0 Å². The minimum atomic E-state index is -1.08. The maximum absolute atomic E-state index is 14.2. The zero-order valence-electron chi connectivity index (χ0n) is 13.7. The maximum Gasteiger partial charge on any atom is 0.160 e. The number of hydrogen-bond donors (Lipinski definition) is 2. The van der Waals surface area contributed by atoms with Crippen LogP contribution >= 0.6 is 0 Å². The molecule has 2 N–H and O–H groups in total. The summed E-state index contributed by atoms with van der Waals surface area (Å²) in [6, 6.07) is 9.41. The smallest absolute Gasteiger partial charge is 0.160 e. The fraction of sp³-hybridized carbons (Fsp3) is 0.389. The second-order valence-corrected chi connectivity index (χ2v) is 6.34. The van der Waals surface area contributed by atoms with Crippen LogP contribution in [0.5, 0.6) is 0 Å². The van der Waals surface area contributed by atoms with E-state index in [2.05, 4.69) is 25.5 Å². The molecule has 3 aromatic rings. The second-order valence-electron chi connectivity index (χ2n) is 6.34. The van der Waals surface area contributed by atoms with Crippen molar-refractivity contribution in [2.24, 2.45) is 0 Å². The number of hydrogen-bond acceptors (Lipinski definition) is 5. The molecule has 0 bridgehead atoms. The van der Waals surface area contributed by atoms with Crippen LogP contribution < -0.4 is 5.32 Å². The Morgan fingerprint density at radius 2 is 2.12 bits per heavy atom. The molecule has 1 saturated carbocycles. The molecule has 25 heavy (non-hydrogen) atoms. The summed E-state index contributed by atoms with van der Waals surface area (Å²) in [6.07, 6.45) is 4.94. The Bertz CT molecular complexity index is 824. The lowest BCUT2D eigenvalue weighted by molar-refractivity contribution is 0.0217. The first-order valence-electron chi connectivity index (χ1n) is 8.51. The highest BCUT2D eigenvalue weighted by atomic mass is 19.1. The average Bonchev–Trinajstić information content (AvgIpc) is 3.30. The molecule has 1 aromatic carbocycles. The molecule has 1 unspecified atom stereocenters. The predicted molar refractivity (Wildman–Crippen MR) is 93.0 cm³/mol. The molecular formula is C18H20FN5O. The van der Waals surface area contributed by atoms with Gasteiger partial charge in [0.25, 0.3) is 0 Å². The number of fused-ring (bicyclic) bond motifs is 1. The molecule has 3 atom stereocenters. The van der Waals surface area contributed by atoms with E-state index in [9.17, 15) is 4.39 Å². The van der Waals surface area contributed by atoms with Gasteiger partial charge in [-0.05, 0) is 24.8 Å². The minimum absolute atomic E-state index is 0.0705. The van der Waals surface area contributed by atoms with Crippen molar-refractivity contribution in [2.45, 2.75) is 37.6 Å². The number of benzene rings is 1. The van der Waals surface area contributed by atoms with Crippen molar-refractivity contribution in [3.63, 3.8) is 0 Å². The van der Waals surface area contributed by atoms with Gasteiger partial charge >= 0.3 is 0 Å². The van der Waals surface area contributed by atoms with Crippen molar-refractivity contribution in [1.82, 2.24) is 20.2 Å². The summed E-state index contributed by atoms with van der Waals surface area (Å²) < 4.78 is 20.0. The minimum Gasteiger partial charge on any atom is -0.375 e. The SMILES string of the molecule is FC(CO[C@H]1CC[C@H](Nc2ncnc3[nH]ncc23)C1)c1ccccc1. The Labute approximate surface area is 144 Å². The monoisotopic (exact) mass is 341 g/mol. The van der Waals surface area contributed by atoms with E-state index in [4.69, 9.17) is 4.74 Å². The summed E-state index contributed by atoms with van der Waals surface area (Å²) in [5.41, 5.74) is 1.38. The molecule has 1 aliphatic rings. The zero-order chi connectivity index (χ0) is 17.1. The van der Waals surface area contributed by atoms with Crippen LogP contribution in [0.2, 0.25) is 0 Å². The maximum atomic E-state index is 14.2. The van der Waals surface area contributed by atoms with Gasteiger partial charge in [0.2, 0.25) is 0 Å². The number of halogens is 1. The molecule has 1 aliphatic carbocycles. The van der Waals surface area contributed by atoms with Gasteiger partial charge in [0, 0.05) is 6.04 Å². The van der Waals surface area contributed by atoms with Gasteiger partial charge in [-0.25, -0.2) is 14.4 Å². The Morgan fingerprint density at radius 3 is 3.00 bits per heavy atom. The van der Waals surface area contributed by atoms with Crippen LogP contribution in [0.15, 0.2) is 42.9 Å². The third-order valence-corrected chi connectivity index (χ3v) is 4.61. The first-order valence-corrected chi connectivity index (χ1v) is 8.51. The van der Waals surface area contributed by atoms with E-state index < -0.39 is 6.17 Å². The summed E-state index contributed by atoms with van der Waals surface area (Å²) >= 11 is 0. The number of H-pyrrole nitrogens is 1. The lowest BCUT2D eigenvalue weighted by Crippen LogP contribution is -2.19. The van der Waals surface area contributed by atoms with E-state index in [0.29, 0.717) is 11.2 Å². The van der Waals surface area contributed by atoms with Gasteiger partial charge in [-0.3, -0.25) is 5.10 Å². The molecule has 7 heteroatoms. The first kappa shape index (κ1) is 16.0. The van der Waals surface area contributed by atoms with Crippen molar-refractivity contribution < 1.29 is 9.13 Å². The molecule has 0 aliphatic heterocycles. The molecule has 2 heterocycles. The normalized spacial score (nSPS) is 21.5. The Morgan fingerprint density at radius 1 is 1.24 bits per heavy atom. The van der Waals surface area contributed by atoms with Crippen LogP contribution in [0.1, 0.15) is 31.0 Å². The molecule has 0 radical (unpaired) electrons. The van der Waals surface area contributed by atoms with Crippen LogP contribution in [-0.2, 0) is 4.74 Å². The van der Waals surface area contributed by atoms with Gasteiger partial charge in [-0.2, -0.15) is 5.10 Å². The molecular weight excluding hydrogens is 321 g/mol. The number of anilines is 1. The van der Waals surface area contributed by atoms with Crippen molar-refractivity contribution in [3.05, 3.63) is 48.4 Å². The third-order valence-electron chi connectivity index (χ3n) is 4.61. The first-order chi connectivity index (χ1) is 12.3. The van der Waals surface area contributed by atoms with Crippen molar-refractivity contribution in [2.75, 3.05) is 11.9 Å².